The smallest absolute Gasteiger partial charge is 0.229 e. The van der Waals surface area contributed by atoms with Gasteiger partial charge in [-0.05, 0) is 79.9 Å². The normalized spacial score (nSPS) is 13.9. The highest BCUT2D eigenvalue weighted by Gasteiger charge is 2.14. The Morgan fingerprint density at radius 1 is 0.853 bits per heavy atom. The zero-order valence-corrected chi connectivity index (χ0v) is 20.3. The summed E-state index contributed by atoms with van der Waals surface area (Å²) in [6.45, 7) is 4.34. The van der Waals surface area contributed by atoms with Gasteiger partial charge in [0.15, 0.2) is 0 Å². The largest absolute Gasteiger partial charge is 0.363 e. The van der Waals surface area contributed by atoms with Crippen molar-refractivity contribution in [3.63, 3.8) is 0 Å². The summed E-state index contributed by atoms with van der Waals surface area (Å²) in [7, 11) is 0. The Kier molecular flexibility index (Phi) is 6.87. The number of thiazole rings is 1. The number of aromatic nitrogens is 1. The van der Waals surface area contributed by atoms with Crippen LogP contribution in [0.15, 0.2) is 86.6 Å². The van der Waals surface area contributed by atoms with E-state index in [4.69, 9.17) is 0 Å². The van der Waals surface area contributed by atoms with Gasteiger partial charge in [-0.3, -0.25) is 5.43 Å². The van der Waals surface area contributed by atoms with E-state index in [1.54, 1.807) is 17.5 Å². The van der Waals surface area contributed by atoms with Gasteiger partial charge in [0.2, 0.25) is 5.13 Å². The lowest BCUT2D eigenvalue weighted by Gasteiger charge is -2.14. The van der Waals surface area contributed by atoms with Gasteiger partial charge in [-0.25, -0.2) is 4.98 Å². The molecule has 0 aliphatic carbocycles. The summed E-state index contributed by atoms with van der Waals surface area (Å²) in [6, 6.07) is 17.8. The Morgan fingerprint density at radius 3 is 2.32 bits per heavy atom. The van der Waals surface area contributed by atoms with Crippen molar-refractivity contribution in [2.45, 2.75) is 19.8 Å². The molecular weight excluding hydrogens is 464 g/mol. The number of hydrogen-bond donors (Lipinski definition) is 2. The number of hydrogen-bond acceptors (Lipinski definition) is 10. The molecule has 10 heteroatoms. The molecule has 3 heterocycles. The summed E-state index contributed by atoms with van der Waals surface area (Å²) in [5.74, 6) is 0. The van der Waals surface area contributed by atoms with Gasteiger partial charge in [0.1, 0.15) is 5.00 Å². The van der Waals surface area contributed by atoms with Gasteiger partial charge in [0.05, 0.1) is 27.8 Å². The molecule has 2 aromatic heterocycles. The number of nitrogens with one attached hydrogen (secondary N) is 2. The summed E-state index contributed by atoms with van der Waals surface area (Å²) in [5, 5.41) is 22.0. The summed E-state index contributed by atoms with van der Waals surface area (Å²) < 4.78 is 0. The van der Waals surface area contributed by atoms with E-state index >= 15 is 0 Å². The maximum absolute atomic E-state index is 4.41. The van der Waals surface area contributed by atoms with E-state index in [-0.39, 0.29) is 0 Å². The van der Waals surface area contributed by atoms with Gasteiger partial charge < -0.3 is 10.3 Å². The molecular formula is C24H24N8S2. The third kappa shape index (κ3) is 5.64. The number of thiophene rings is 1. The lowest BCUT2D eigenvalue weighted by molar-refractivity contribution is 0.949. The molecule has 5 rings (SSSR count). The van der Waals surface area contributed by atoms with Crippen LogP contribution in [0, 0.1) is 6.92 Å². The average Bonchev–Trinajstić information content (AvgIpc) is 3.64. The van der Waals surface area contributed by atoms with E-state index in [0.717, 1.165) is 46.4 Å². The van der Waals surface area contributed by atoms with Crippen LogP contribution < -0.4 is 15.8 Å². The van der Waals surface area contributed by atoms with Gasteiger partial charge in [0, 0.05) is 24.7 Å². The van der Waals surface area contributed by atoms with Crippen LogP contribution in [0.4, 0.5) is 37.9 Å². The zero-order valence-electron chi connectivity index (χ0n) is 18.7. The number of hydrazine groups is 1. The minimum atomic E-state index is 0.634. The van der Waals surface area contributed by atoms with Crippen LogP contribution in [0.2, 0.25) is 0 Å². The SMILES string of the molecule is Cc1cc(NNc2ccc(N3CCCC3)s2)ccc1N=Nc1ccc(N=Nc2nccs2)cc1. The summed E-state index contributed by atoms with van der Waals surface area (Å²) in [6.07, 6.45) is 4.28. The van der Waals surface area contributed by atoms with E-state index in [1.165, 1.54) is 29.2 Å². The van der Waals surface area contributed by atoms with Gasteiger partial charge in [0.25, 0.3) is 0 Å². The molecule has 0 atom stereocenters. The predicted octanol–water partition coefficient (Wildman–Crippen LogP) is 8.38. The molecule has 1 fully saturated rings. The monoisotopic (exact) mass is 488 g/mol. The second-order valence-electron chi connectivity index (χ2n) is 7.81. The summed E-state index contributed by atoms with van der Waals surface area (Å²) in [5.41, 5.74) is 10.9. The van der Waals surface area contributed by atoms with Crippen molar-refractivity contribution >= 4 is 60.6 Å². The third-order valence-electron chi connectivity index (χ3n) is 5.33. The summed E-state index contributed by atoms with van der Waals surface area (Å²) in [4.78, 5) is 6.53. The van der Waals surface area contributed by atoms with Crippen LogP contribution in [-0.2, 0) is 0 Å². The number of benzene rings is 2. The Balaban J connectivity index is 1.16. The fourth-order valence-corrected chi connectivity index (χ4v) is 4.91. The molecule has 0 radical (unpaired) electrons. The molecule has 1 aliphatic heterocycles. The fraction of sp³-hybridized carbons (Fsp3) is 0.208. The van der Waals surface area contributed by atoms with Crippen LogP contribution in [0.25, 0.3) is 0 Å². The number of rotatable bonds is 8. The van der Waals surface area contributed by atoms with Crippen molar-refractivity contribution in [2.24, 2.45) is 20.5 Å². The molecule has 34 heavy (non-hydrogen) atoms. The summed E-state index contributed by atoms with van der Waals surface area (Å²) >= 11 is 3.22. The lowest BCUT2D eigenvalue weighted by Crippen LogP contribution is -2.15. The number of anilines is 3. The van der Waals surface area contributed by atoms with E-state index < -0.39 is 0 Å². The number of azo groups is 2. The zero-order chi connectivity index (χ0) is 23.2. The molecule has 2 N–H and O–H groups in total. The van der Waals surface area contributed by atoms with E-state index in [0.29, 0.717) is 5.13 Å². The second-order valence-corrected chi connectivity index (χ2v) is 9.75. The molecule has 4 aromatic rings. The molecule has 0 spiro atoms. The highest BCUT2D eigenvalue weighted by molar-refractivity contribution is 7.20. The van der Waals surface area contributed by atoms with E-state index in [9.17, 15) is 0 Å². The molecule has 0 unspecified atom stereocenters. The first-order valence-corrected chi connectivity index (χ1v) is 12.7. The standard InChI is InChI=1S/C24H24N8S2/c1-17-16-20(28-30-22-10-11-23(34-22)32-13-2-3-14-32)8-9-21(17)29-26-18-4-6-19(7-5-18)27-31-24-25-12-15-33-24/h4-12,15-16,28,30H,2-3,13-14H2,1H3. The van der Waals surface area contributed by atoms with Crippen LogP contribution in [0.3, 0.4) is 0 Å². The Bertz CT molecular complexity index is 1270. The Labute approximate surface area is 206 Å². The van der Waals surface area contributed by atoms with Crippen LogP contribution in [0.1, 0.15) is 18.4 Å². The van der Waals surface area contributed by atoms with E-state index in [1.807, 2.05) is 48.7 Å². The molecule has 0 bridgehead atoms. The molecule has 8 nitrogen and oxygen atoms in total. The maximum atomic E-state index is 4.41. The van der Waals surface area contributed by atoms with Gasteiger partial charge in [-0.15, -0.1) is 21.6 Å². The first kappa shape index (κ1) is 22.2. The molecule has 2 aromatic carbocycles. The van der Waals surface area contributed by atoms with Crippen molar-refractivity contribution in [2.75, 3.05) is 28.8 Å². The predicted molar refractivity (Wildman–Crippen MR) is 141 cm³/mol. The fourth-order valence-electron chi connectivity index (χ4n) is 3.54. The molecule has 1 saturated heterocycles. The topological polar surface area (TPSA) is 89.6 Å². The number of aryl methyl sites for hydroxylation is 1. The molecule has 172 valence electrons. The Morgan fingerprint density at radius 2 is 1.62 bits per heavy atom. The minimum absolute atomic E-state index is 0.634. The van der Waals surface area contributed by atoms with Crippen molar-refractivity contribution < 1.29 is 0 Å². The molecule has 1 aliphatic rings. The van der Waals surface area contributed by atoms with Crippen molar-refractivity contribution in [1.29, 1.82) is 0 Å². The van der Waals surface area contributed by atoms with Crippen molar-refractivity contribution in [3.8, 4) is 0 Å². The minimum Gasteiger partial charge on any atom is -0.363 e. The first-order chi connectivity index (χ1) is 16.7. The second kappa shape index (κ2) is 10.5. The van der Waals surface area contributed by atoms with Gasteiger partial charge >= 0.3 is 0 Å². The lowest BCUT2D eigenvalue weighted by atomic mass is 10.2. The molecule has 0 amide bonds. The van der Waals surface area contributed by atoms with Crippen LogP contribution in [0.5, 0.6) is 0 Å². The highest BCUT2D eigenvalue weighted by atomic mass is 32.1. The number of nitrogens with zero attached hydrogens (tertiary/aromatic N) is 6. The average molecular weight is 489 g/mol. The maximum Gasteiger partial charge on any atom is 0.229 e. The third-order valence-corrected chi connectivity index (χ3v) is 7.05. The quantitative estimate of drug-likeness (QED) is 0.192. The van der Waals surface area contributed by atoms with Crippen LogP contribution >= 0.6 is 22.7 Å². The Hall–Kier alpha value is -3.63. The molecule has 0 saturated carbocycles. The highest BCUT2D eigenvalue weighted by Crippen LogP contribution is 2.32. The van der Waals surface area contributed by atoms with Crippen molar-refractivity contribution in [1.82, 2.24) is 4.98 Å². The van der Waals surface area contributed by atoms with Gasteiger partial charge in [-0.2, -0.15) is 10.2 Å². The van der Waals surface area contributed by atoms with E-state index in [2.05, 4.69) is 59.4 Å². The van der Waals surface area contributed by atoms with Crippen LogP contribution in [-0.4, -0.2) is 18.1 Å². The van der Waals surface area contributed by atoms with Gasteiger partial charge in [-0.1, -0.05) is 11.3 Å². The van der Waals surface area contributed by atoms with Crippen molar-refractivity contribution in [3.05, 3.63) is 71.7 Å². The first-order valence-electron chi connectivity index (χ1n) is 11.0.